The predicted octanol–water partition coefficient (Wildman–Crippen LogP) is 2.47. The van der Waals surface area contributed by atoms with Crippen LogP contribution in [0.1, 0.15) is 31.9 Å². The van der Waals surface area contributed by atoms with E-state index in [0.29, 0.717) is 5.02 Å². The molecule has 0 radical (unpaired) electrons. The molecule has 4 nitrogen and oxygen atoms in total. The molecule has 0 aliphatic heterocycles. The Morgan fingerprint density at radius 3 is 2.56 bits per heavy atom. The number of carbonyl (C=O) groups is 1. The van der Waals surface area contributed by atoms with Crippen LogP contribution in [0.25, 0.3) is 0 Å². The van der Waals surface area contributed by atoms with Crippen molar-refractivity contribution in [3.05, 3.63) is 34.9 Å². The fourth-order valence-corrected chi connectivity index (χ4v) is 1.50. The third kappa shape index (κ3) is 4.94. The number of hydrogen-bond acceptors (Lipinski definition) is 2. The smallest absolute Gasteiger partial charge is 0.315 e. The summed E-state index contributed by atoms with van der Waals surface area (Å²) < 4.78 is 0. The standard InChI is InChI=1S/C13H19ClN2O2/c1-3-9(2)16-13(18)15-8-12(17)10-4-6-11(14)7-5-10/h4-7,9,12,17H,3,8H2,1-2H3,(H2,15,16,18). The van der Waals surface area contributed by atoms with E-state index in [2.05, 4.69) is 10.6 Å². The van der Waals surface area contributed by atoms with Crippen LogP contribution in [0.2, 0.25) is 5.02 Å². The van der Waals surface area contributed by atoms with Crippen LogP contribution in [0.3, 0.4) is 0 Å². The summed E-state index contributed by atoms with van der Waals surface area (Å²) in [6.07, 6.45) is 0.137. The van der Waals surface area contributed by atoms with E-state index < -0.39 is 6.10 Å². The molecule has 1 aromatic carbocycles. The molecule has 5 heteroatoms. The number of amides is 2. The van der Waals surface area contributed by atoms with Gasteiger partial charge in [0.2, 0.25) is 0 Å². The average molecular weight is 271 g/mol. The molecule has 2 unspecified atom stereocenters. The van der Waals surface area contributed by atoms with Gasteiger partial charge < -0.3 is 15.7 Å². The van der Waals surface area contributed by atoms with Crippen LogP contribution in [0.15, 0.2) is 24.3 Å². The van der Waals surface area contributed by atoms with Crippen molar-refractivity contribution in [3.63, 3.8) is 0 Å². The Balaban J connectivity index is 2.39. The van der Waals surface area contributed by atoms with E-state index in [0.717, 1.165) is 12.0 Å². The summed E-state index contributed by atoms with van der Waals surface area (Å²) in [7, 11) is 0. The molecule has 3 N–H and O–H groups in total. The van der Waals surface area contributed by atoms with E-state index in [1.165, 1.54) is 0 Å². The van der Waals surface area contributed by atoms with Crippen LogP contribution in [-0.4, -0.2) is 23.7 Å². The molecule has 2 amide bonds. The molecule has 0 bridgehead atoms. The number of halogens is 1. The molecule has 1 rings (SSSR count). The number of hydrogen-bond donors (Lipinski definition) is 3. The molecule has 18 heavy (non-hydrogen) atoms. The van der Waals surface area contributed by atoms with Crippen molar-refractivity contribution in [1.29, 1.82) is 0 Å². The maximum atomic E-state index is 11.4. The van der Waals surface area contributed by atoms with Gasteiger partial charge in [0, 0.05) is 17.6 Å². The Labute approximate surface area is 112 Å². The Kier molecular flexibility index (Phi) is 5.95. The third-order valence-electron chi connectivity index (χ3n) is 2.70. The largest absolute Gasteiger partial charge is 0.387 e. The van der Waals surface area contributed by atoms with E-state index in [1.807, 2.05) is 13.8 Å². The van der Waals surface area contributed by atoms with Crippen molar-refractivity contribution in [2.24, 2.45) is 0 Å². The predicted molar refractivity (Wildman–Crippen MR) is 72.7 cm³/mol. The van der Waals surface area contributed by atoms with E-state index >= 15 is 0 Å². The quantitative estimate of drug-likeness (QED) is 0.770. The molecule has 0 aliphatic rings. The first-order chi connectivity index (χ1) is 8.52. The van der Waals surface area contributed by atoms with Gasteiger partial charge >= 0.3 is 6.03 Å². The average Bonchev–Trinajstić information content (AvgIpc) is 2.36. The minimum absolute atomic E-state index is 0.123. The van der Waals surface area contributed by atoms with E-state index in [-0.39, 0.29) is 18.6 Å². The molecule has 0 heterocycles. The van der Waals surface area contributed by atoms with E-state index in [4.69, 9.17) is 11.6 Å². The second-order valence-corrected chi connectivity index (χ2v) is 4.67. The molecule has 2 atom stereocenters. The van der Waals surface area contributed by atoms with Crippen molar-refractivity contribution in [2.75, 3.05) is 6.54 Å². The molecule has 0 saturated carbocycles. The summed E-state index contributed by atoms with van der Waals surface area (Å²) in [4.78, 5) is 11.4. The SMILES string of the molecule is CCC(C)NC(=O)NCC(O)c1ccc(Cl)cc1. The second kappa shape index (κ2) is 7.24. The van der Waals surface area contributed by atoms with Crippen LogP contribution in [0, 0.1) is 0 Å². The fraction of sp³-hybridized carbons (Fsp3) is 0.462. The van der Waals surface area contributed by atoms with Gasteiger partial charge in [0.05, 0.1) is 6.10 Å². The van der Waals surface area contributed by atoms with Gasteiger partial charge in [-0.3, -0.25) is 0 Å². The topological polar surface area (TPSA) is 61.4 Å². The van der Waals surface area contributed by atoms with Crippen molar-refractivity contribution in [2.45, 2.75) is 32.4 Å². The van der Waals surface area contributed by atoms with Gasteiger partial charge in [0.25, 0.3) is 0 Å². The summed E-state index contributed by atoms with van der Waals surface area (Å²) in [6.45, 7) is 4.09. The van der Waals surface area contributed by atoms with Crippen LogP contribution in [-0.2, 0) is 0 Å². The summed E-state index contributed by atoms with van der Waals surface area (Å²) in [5, 5.41) is 15.9. The molecule has 0 fully saturated rings. The van der Waals surface area contributed by atoms with Crippen molar-refractivity contribution < 1.29 is 9.90 Å². The molecule has 0 saturated heterocycles. The Morgan fingerprint density at radius 2 is 2.00 bits per heavy atom. The molecular weight excluding hydrogens is 252 g/mol. The Morgan fingerprint density at radius 1 is 1.39 bits per heavy atom. The first-order valence-corrected chi connectivity index (χ1v) is 6.38. The van der Waals surface area contributed by atoms with Gasteiger partial charge in [0.1, 0.15) is 0 Å². The van der Waals surface area contributed by atoms with Crippen LogP contribution in [0.5, 0.6) is 0 Å². The van der Waals surface area contributed by atoms with Crippen LogP contribution < -0.4 is 10.6 Å². The fourth-order valence-electron chi connectivity index (χ4n) is 1.37. The maximum Gasteiger partial charge on any atom is 0.315 e. The Bertz CT molecular complexity index is 381. The number of aliphatic hydroxyl groups is 1. The molecule has 1 aromatic rings. The van der Waals surface area contributed by atoms with Gasteiger partial charge in [-0.15, -0.1) is 0 Å². The van der Waals surface area contributed by atoms with Crippen molar-refractivity contribution in [3.8, 4) is 0 Å². The summed E-state index contributed by atoms with van der Waals surface area (Å²) in [6, 6.07) is 6.75. The number of urea groups is 1. The molecule has 0 aliphatic carbocycles. The van der Waals surface area contributed by atoms with Gasteiger partial charge in [-0.25, -0.2) is 4.79 Å². The zero-order chi connectivity index (χ0) is 13.5. The van der Waals surface area contributed by atoms with E-state index in [1.54, 1.807) is 24.3 Å². The van der Waals surface area contributed by atoms with Gasteiger partial charge in [-0.05, 0) is 31.0 Å². The Hall–Kier alpha value is -1.26. The first-order valence-electron chi connectivity index (χ1n) is 6.00. The van der Waals surface area contributed by atoms with Crippen LogP contribution >= 0.6 is 11.6 Å². The lowest BCUT2D eigenvalue weighted by Crippen LogP contribution is -2.41. The van der Waals surface area contributed by atoms with Gasteiger partial charge in [-0.2, -0.15) is 0 Å². The number of carbonyl (C=O) groups excluding carboxylic acids is 1. The number of benzene rings is 1. The highest BCUT2D eigenvalue weighted by Gasteiger charge is 2.10. The lowest BCUT2D eigenvalue weighted by atomic mass is 10.1. The van der Waals surface area contributed by atoms with Gasteiger partial charge in [-0.1, -0.05) is 30.7 Å². The van der Waals surface area contributed by atoms with Crippen molar-refractivity contribution >= 4 is 17.6 Å². The van der Waals surface area contributed by atoms with E-state index in [9.17, 15) is 9.90 Å². The van der Waals surface area contributed by atoms with Crippen molar-refractivity contribution in [1.82, 2.24) is 10.6 Å². The molecular formula is C13H19ClN2O2. The summed E-state index contributed by atoms with van der Waals surface area (Å²) >= 11 is 5.76. The highest BCUT2D eigenvalue weighted by atomic mass is 35.5. The first kappa shape index (κ1) is 14.8. The number of nitrogens with one attached hydrogen (secondary N) is 2. The molecule has 0 aromatic heterocycles. The highest BCUT2D eigenvalue weighted by molar-refractivity contribution is 6.30. The number of rotatable bonds is 5. The summed E-state index contributed by atoms with van der Waals surface area (Å²) in [5.74, 6) is 0. The summed E-state index contributed by atoms with van der Waals surface area (Å²) in [5.41, 5.74) is 0.725. The normalized spacial score (nSPS) is 13.8. The zero-order valence-corrected chi connectivity index (χ0v) is 11.4. The maximum absolute atomic E-state index is 11.4. The minimum atomic E-state index is -0.732. The third-order valence-corrected chi connectivity index (χ3v) is 2.95. The minimum Gasteiger partial charge on any atom is -0.387 e. The lowest BCUT2D eigenvalue weighted by molar-refractivity contribution is 0.172. The number of aliphatic hydroxyl groups excluding tert-OH is 1. The monoisotopic (exact) mass is 270 g/mol. The second-order valence-electron chi connectivity index (χ2n) is 4.23. The molecule has 100 valence electrons. The highest BCUT2D eigenvalue weighted by Crippen LogP contribution is 2.15. The van der Waals surface area contributed by atoms with Crippen LogP contribution in [0.4, 0.5) is 4.79 Å². The zero-order valence-electron chi connectivity index (χ0n) is 10.6. The molecule has 0 spiro atoms. The van der Waals surface area contributed by atoms with Gasteiger partial charge in [0.15, 0.2) is 0 Å². The lowest BCUT2D eigenvalue weighted by Gasteiger charge is -2.15.